The van der Waals surface area contributed by atoms with Crippen molar-refractivity contribution in [1.82, 2.24) is 19.3 Å². The average molecular weight is 358 g/mol. The number of aryl methyl sites for hydroxylation is 2. The second kappa shape index (κ2) is 7.11. The maximum atomic E-state index is 5.31. The van der Waals surface area contributed by atoms with Crippen LogP contribution in [-0.2, 0) is 13.6 Å². The number of ether oxygens (including phenoxy) is 1. The predicted octanol–water partition coefficient (Wildman–Crippen LogP) is 4.32. The Hall–Kier alpha value is -3.34. The van der Waals surface area contributed by atoms with Gasteiger partial charge in [-0.3, -0.25) is 4.68 Å². The Balaban J connectivity index is 1.62. The molecule has 0 atom stereocenters. The third-order valence-electron chi connectivity index (χ3n) is 4.78. The lowest BCUT2D eigenvalue weighted by Gasteiger charge is -2.09. The molecule has 0 radical (unpaired) electrons. The highest BCUT2D eigenvalue weighted by Gasteiger charge is 2.08. The highest BCUT2D eigenvalue weighted by molar-refractivity contribution is 5.73. The lowest BCUT2D eigenvalue weighted by molar-refractivity contribution is 0.414. The fourth-order valence-electron chi connectivity index (χ4n) is 3.24. The molecule has 4 rings (SSSR count). The van der Waals surface area contributed by atoms with Crippen molar-refractivity contribution in [2.45, 2.75) is 13.5 Å². The average Bonchev–Trinajstić information content (AvgIpc) is 3.31. The summed E-state index contributed by atoms with van der Waals surface area (Å²) in [6.45, 7) is 2.81. The van der Waals surface area contributed by atoms with Crippen LogP contribution in [-0.4, -0.2) is 26.4 Å². The van der Waals surface area contributed by atoms with Crippen LogP contribution in [0.3, 0.4) is 0 Å². The predicted molar refractivity (Wildman–Crippen MR) is 107 cm³/mol. The maximum absolute atomic E-state index is 5.31. The van der Waals surface area contributed by atoms with E-state index < -0.39 is 0 Å². The summed E-state index contributed by atoms with van der Waals surface area (Å²) >= 11 is 0. The molecule has 2 aromatic carbocycles. The molecule has 2 heterocycles. The molecule has 0 unspecified atom stereocenters. The fraction of sp³-hybridized carbons (Fsp3) is 0.182. The van der Waals surface area contributed by atoms with Crippen LogP contribution < -0.4 is 4.74 Å². The topological polar surface area (TPSA) is 44.9 Å². The van der Waals surface area contributed by atoms with Crippen molar-refractivity contribution in [2.24, 2.45) is 7.05 Å². The normalized spacial score (nSPS) is 10.9. The van der Waals surface area contributed by atoms with Gasteiger partial charge in [0.25, 0.3) is 0 Å². The van der Waals surface area contributed by atoms with Crippen LogP contribution in [0.1, 0.15) is 11.3 Å². The Morgan fingerprint density at radius 3 is 2.63 bits per heavy atom. The van der Waals surface area contributed by atoms with Crippen molar-refractivity contribution >= 4 is 0 Å². The van der Waals surface area contributed by atoms with E-state index in [2.05, 4.69) is 54.4 Å². The first-order chi connectivity index (χ1) is 13.1. The van der Waals surface area contributed by atoms with E-state index in [0.717, 1.165) is 22.7 Å². The van der Waals surface area contributed by atoms with Crippen LogP contribution >= 0.6 is 0 Å². The first kappa shape index (κ1) is 17.1. The number of hydrogen-bond donors (Lipinski definition) is 0. The molecule has 0 N–H and O–H groups in total. The Bertz CT molecular complexity index is 1080. The Morgan fingerprint density at radius 2 is 1.89 bits per heavy atom. The third kappa shape index (κ3) is 3.49. The van der Waals surface area contributed by atoms with Gasteiger partial charge in [-0.25, -0.2) is 4.98 Å². The van der Waals surface area contributed by atoms with E-state index in [4.69, 9.17) is 9.84 Å². The minimum Gasteiger partial charge on any atom is -0.497 e. The maximum Gasteiger partial charge on any atom is 0.119 e. The molecule has 0 saturated carbocycles. The molecule has 2 aromatic heterocycles. The van der Waals surface area contributed by atoms with Crippen molar-refractivity contribution in [3.8, 4) is 28.1 Å². The summed E-state index contributed by atoms with van der Waals surface area (Å²) in [6.07, 6.45) is 5.68. The number of methoxy groups -OCH3 is 1. The Morgan fingerprint density at radius 1 is 1.04 bits per heavy atom. The zero-order valence-electron chi connectivity index (χ0n) is 15.8. The molecule has 5 heteroatoms. The van der Waals surface area contributed by atoms with Gasteiger partial charge in [-0.2, -0.15) is 5.10 Å². The third-order valence-corrected chi connectivity index (χ3v) is 4.78. The van der Waals surface area contributed by atoms with Gasteiger partial charge in [-0.1, -0.05) is 24.3 Å². The molecule has 136 valence electrons. The highest BCUT2D eigenvalue weighted by Crippen LogP contribution is 2.29. The molecule has 27 heavy (non-hydrogen) atoms. The summed E-state index contributed by atoms with van der Waals surface area (Å²) in [6, 6.07) is 16.7. The van der Waals surface area contributed by atoms with Gasteiger partial charge < -0.3 is 9.30 Å². The van der Waals surface area contributed by atoms with Crippen LogP contribution in [0.15, 0.2) is 67.3 Å². The van der Waals surface area contributed by atoms with Gasteiger partial charge in [-0.05, 0) is 47.9 Å². The second-order valence-electron chi connectivity index (χ2n) is 6.66. The van der Waals surface area contributed by atoms with E-state index in [1.807, 2.05) is 34.8 Å². The van der Waals surface area contributed by atoms with Crippen LogP contribution in [0.2, 0.25) is 0 Å². The minimum absolute atomic E-state index is 0.702. The zero-order chi connectivity index (χ0) is 18.8. The standard InChI is InChI=1S/C22H22N4O/c1-16-11-20(27-3)7-8-21(16)17-5-4-6-18(12-17)22-9-10-26(24-22)14-19-13-23-15-25(19)2/h4-13,15H,14H2,1-3H3. The molecule has 0 aliphatic heterocycles. The van der Waals surface area contributed by atoms with Crippen LogP contribution in [0.25, 0.3) is 22.4 Å². The SMILES string of the molecule is COc1ccc(-c2cccc(-c3ccn(Cc4cncn4C)n3)c2)c(C)c1. The zero-order valence-corrected chi connectivity index (χ0v) is 15.8. The van der Waals surface area contributed by atoms with E-state index in [1.54, 1.807) is 13.4 Å². The van der Waals surface area contributed by atoms with Crippen molar-refractivity contribution in [1.29, 1.82) is 0 Å². The van der Waals surface area contributed by atoms with Crippen LogP contribution in [0.5, 0.6) is 5.75 Å². The van der Waals surface area contributed by atoms with E-state index in [-0.39, 0.29) is 0 Å². The van der Waals surface area contributed by atoms with Gasteiger partial charge in [0.2, 0.25) is 0 Å². The number of aromatic nitrogens is 4. The molecule has 4 aromatic rings. The molecular weight excluding hydrogens is 336 g/mol. The number of hydrogen-bond acceptors (Lipinski definition) is 3. The summed E-state index contributed by atoms with van der Waals surface area (Å²) < 4.78 is 9.26. The Labute approximate surface area is 158 Å². The first-order valence-corrected chi connectivity index (χ1v) is 8.88. The molecule has 0 saturated heterocycles. The quantitative estimate of drug-likeness (QED) is 0.534. The molecule has 0 spiro atoms. The van der Waals surface area contributed by atoms with E-state index in [1.165, 1.54) is 16.7 Å². The molecule has 0 bridgehead atoms. The fourth-order valence-corrected chi connectivity index (χ4v) is 3.24. The van der Waals surface area contributed by atoms with Gasteiger partial charge in [0.05, 0.1) is 37.6 Å². The second-order valence-corrected chi connectivity index (χ2v) is 6.66. The van der Waals surface area contributed by atoms with Crippen LogP contribution in [0, 0.1) is 6.92 Å². The molecule has 0 aliphatic carbocycles. The molecule has 5 nitrogen and oxygen atoms in total. The lowest BCUT2D eigenvalue weighted by atomic mass is 9.98. The first-order valence-electron chi connectivity index (χ1n) is 8.88. The summed E-state index contributed by atoms with van der Waals surface area (Å²) in [5, 5.41) is 4.74. The summed E-state index contributed by atoms with van der Waals surface area (Å²) in [5.74, 6) is 0.876. The summed E-state index contributed by atoms with van der Waals surface area (Å²) in [4.78, 5) is 4.16. The van der Waals surface area contributed by atoms with E-state index in [9.17, 15) is 0 Å². The molecule has 0 amide bonds. The van der Waals surface area contributed by atoms with Crippen LogP contribution in [0.4, 0.5) is 0 Å². The summed E-state index contributed by atoms with van der Waals surface area (Å²) in [5.41, 5.74) is 6.75. The highest BCUT2D eigenvalue weighted by atomic mass is 16.5. The van der Waals surface area contributed by atoms with Crippen molar-refractivity contribution in [2.75, 3.05) is 7.11 Å². The van der Waals surface area contributed by atoms with E-state index in [0.29, 0.717) is 6.54 Å². The van der Waals surface area contributed by atoms with Gasteiger partial charge in [0.1, 0.15) is 5.75 Å². The largest absolute Gasteiger partial charge is 0.497 e. The minimum atomic E-state index is 0.702. The van der Waals surface area contributed by atoms with Crippen molar-refractivity contribution < 1.29 is 4.74 Å². The lowest BCUT2D eigenvalue weighted by Crippen LogP contribution is -2.04. The van der Waals surface area contributed by atoms with Gasteiger partial charge >= 0.3 is 0 Å². The number of rotatable bonds is 5. The van der Waals surface area contributed by atoms with Gasteiger partial charge in [0.15, 0.2) is 0 Å². The van der Waals surface area contributed by atoms with Gasteiger partial charge in [-0.15, -0.1) is 0 Å². The summed E-state index contributed by atoms with van der Waals surface area (Å²) in [7, 11) is 3.68. The number of benzene rings is 2. The monoisotopic (exact) mass is 358 g/mol. The smallest absolute Gasteiger partial charge is 0.119 e. The van der Waals surface area contributed by atoms with Crippen molar-refractivity contribution in [3.63, 3.8) is 0 Å². The van der Waals surface area contributed by atoms with Crippen molar-refractivity contribution in [3.05, 3.63) is 78.5 Å². The van der Waals surface area contributed by atoms with E-state index >= 15 is 0 Å². The number of nitrogens with zero attached hydrogens (tertiary/aromatic N) is 4. The Kier molecular flexibility index (Phi) is 4.50. The molecular formula is C22H22N4O. The molecule has 0 aliphatic rings. The number of imidazole rings is 1. The van der Waals surface area contributed by atoms with Gasteiger partial charge in [0, 0.05) is 18.8 Å². The molecule has 0 fully saturated rings.